The van der Waals surface area contributed by atoms with E-state index >= 15 is 0 Å². The lowest BCUT2D eigenvalue weighted by Crippen LogP contribution is -2.48. The van der Waals surface area contributed by atoms with Crippen LogP contribution in [0, 0.1) is 13.8 Å². The average molecular weight is 392 g/mol. The molecule has 0 saturated heterocycles. The number of aromatic amines is 1. The first-order valence-corrected chi connectivity index (χ1v) is 9.07. The Bertz CT molecular complexity index is 1120. The molecule has 29 heavy (non-hydrogen) atoms. The molecule has 1 aromatic heterocycles. The highest BCUT2D eigenvalue weighted by atomic mass is 16.2. The number of amides is 1. The van der Waals surface area contributed by atoms with Crippen LogP contribution in [0.3, 0.4) is 0 Å². The number of benzene rings is 2. The highest BCUT2D eigenvalue weighted by Crippen LogP contribution is 2.04. The number of aromatic nitrogens is 3. The number of carbonyl (C=O) groups excluding carboxylic acids is 2. The van der Waals surface area contributed by atoms with Gasteiger partial charge >= 0.3 is 17.2 Å². The lowest BCUT2D eigenvalue weighted by molar-refractivity contribution is -0.744. The largest absolute Gasteiger partial charge is 0.432 e. The summed E-state index contributed by atoms with van der Waals surface area (Å²) in [7, 11) is 1.42. The van der Waals surface area contributed by atoms with Gasteiger partial charge in [-0.05, 0) is 19.4 Å². The van der Waals surface area contributed by atoms with E-state index in [4.69, 9.17) is 0 Å². The molecule has 0 spiro atoms. The minimum atomic E-state index is -0.649. The minimum Gasteiger partial charge on any atom is -0.352 e. The normalized spacial score (nSPS) is 11.0. The second kappa shape index (κ2) is 8.47. The predicted molar refractivity (Wildman–Crippen MR) is 108 cm³/mol. The van der Waals surface area contributed by atoms with Gasteiger partial charge in [-0.25, -0.2) is 4.79 Å². The van der Waals surface area contributed by atoms with Crippen molar-refractivity contribution < 1.29 is 14.3 Å². The van der Waals surface area contributed by atoms with E-state index in [1.165, 1.54) is 17.9 Å². The number of hydrogen-bond donors (Lipinski definition) is 2. The van der Waals surface area contributed by atoms with Crippen LogP contribution in [-0.4, -0.2) is 35.0 Å². The zero-order chi connectivity index (χ0) is 21.0. The number of nitrogens with one attached hydrogen (secondary N) is 2. The molecule has 0 aliphatic heterocycles. The molecule has 3 aromatic rings. The highest BCUT2D eigenvalue weighted by molar-refractivity contribution is 5.95. The number of hydrogen-bond acceptors (Lipinski definition) is 4. The zero-order valence-corrected chi connectivity index (χ0v) is 16.5. The molecular formula is C21H22N5O3+. The zero-order valence-electron chi connectivity index (χ0n) is 16.5. The third-order valence-corrected chi connectivity index (χ3v) is 4.40. The van der Waals surface area contributed by atoms with Gasteiger partial charge < -0.3 is 5.32 Å². The second-order valence-electron chi connectivity index (χ2n) is 6.68. The third kappa shape index (κ3) is 4.55. The first-order valence-electron chi connectivity index (χ1n) is 9.07. The van der Waals surface area contributed by atoms with E-state index in [1.807, 2.05) is 50.2 Å². The Kier molecular flexibility index (Phi) is 5.82. The van der Waals surface area contributed by atoms with Crippen molar-refractivity contribution in [1.82, 2.24) is 15.3 Å². The SMILES string of the molecule is CNC(=O)c1c(=O)n(/N=C\c2ccc(C)cc2)[nH][n+]1CC(=O)c1ccc(C)cc1. The number of carbonyl (C=O) groups is 2. The van der Waals surface area contributed by atoms with E-state index < -0.39 is 11.5 Å². The molecule has 0 saturated carbocycles. The Balaban J connectivity index is 1.93. The monoisotopic (exact) mass is 392 g/mol. The number of nitrogens with zero attached hydrogens (tertiary/aromatic N) is 3. The molecule has 2 aromatic carbocycles. The highest BCUT2D eigenvalue weighted by Gasteiger charge is 2.29. The van der Waals surface area contributed by atoms with Crippen LogP contribution in [0.5, 0.6) is 0 Å². The average Bonchev–Trinajstić information content (AvgIpc) is 3.02. The molecule has 3 rings (SSSR count). The van der Waals surface area contributed by atoms with Crippen LogP contribution in [0.15, 0.2) is 58.4 Å². The Hall–Kier alpha value is -3.81. The fraction of sp³-hybridized carbons (Fsp3) is 0.190. The molecule has 8 nitrogen and oxygen atoms in total. The Morgan fingerprint density at radius 2 is 1.66 bits per heavy atom. The maximum Gasteiger partial charge on any atom is 0.432 e. The van der Waals surface area contributed by atoms with Gasteiger partial charge in [0.1, 0.15) is 0 Å². The molecule has 0 radical (unpaired) electrons. The van der Waals surface area contributed by atoms with Gasteiger partial charge in [0.05, 0.1) is 6.21 Å². The summed E-state index contributed by atoms with van der Waals surface area (Å²) in [6, 6.07) is 14.7. The van der Waals surface area contributed by atoms with Crippen LogP contribution in [0.1, 0.15) is 37.5 Å². The maximum absolute atomic E-state index is 12.7. The molecule has 0 bridgehead atoms. The topological polar surface area (TPSA) is 100 Å². The number of rotatable bonds is 6. The first-order chi connectivity index (χ1) is 13.9. The summed E-state index contributed by atoms with van der Waals surface area (Å²) in [6.45, 7) is 3.70. The van der Waals surface area contributed by atoms with E-state index in [0.29, 0.717) is 5.56 Å². The number of Topliss-reactive ketones (excluding diaryl/α,β-unsaturated/α-hetero) is 1. The summed E-state index contributed by atoms with van der Waals surface area (Å²) >= 11 is 0. The van der Waals surface area contributed by atoms with Crippen molar-refractivity contribution in [2.45, 2.75) is 20.4 Å². The summed E-state index contributed by atoms with van der Waals surface area (Å²) < 4.78 is 1.20. The van der Waals surface area contributed by atoms with Crippen molar-refractivity contribution in [1.29, 1.82) is 0 Å². The fourth-order valence-corrected chi connectivity index (χ4v) is 2.71. The molecule has 0 unspecified atom stereocenters. The molecule has 8 heteroatoms. The smallest absolute Gasteiger partial charge is 0.352 e. The van der Waals surface area contributed by atoms with Gasteiger partial charge in [-0.2, -0.15) is 0 Å². The van der Waals surface area contributed by atoms with Crippen LogP contribution in [0.4, 0.5) is 0 Å². The fourth-order valence-electron chi connectivity index (χ4n) is 2.71. The lowest BCUT2D eigenvalue weighted by atomic mass is 10.1. The Morgan fingerprint density at radius 1 is 1.07 bits per heavy atom. The minimum absolute atomic E-state index is 0.200. The van der Waals surface area contributed by atoms with Gasteiger partial charge in [0.15, 0.2) is 6.54 Å². The van der Waals surface area contributed by atoms with Crippen molar-refractivity contribution in [3.05, 3.63) is 86.8 Å². The van der Waals surface area contributed by atoms with Crippen molar-refractivity contribution >= 4 is 17.9 Å². The molecule has 1 heterocycles. The van der Waals surface area contributed by atoms with Crippen molar-refractivity contribution in [2.24, 2.45) is 5.10 Å². The molecule has 1 amide bonds. The van der Waals surface area contributed by atoms with E-state index in [1.54, 1.807) is 12.1 Å². The Morgan fingerprint density at radius 3 is 2.24 bits per heavy atom. The van der Waals surface area contributed by atoms with E-state index in [9.17, 15) is 14.4 Å². The number of aryl methyl sites for hydroxylation is 2. The summed E-state index contributed by atoms with van der Waals surface area (Å²) in [5.74, 6) is -0.844. The van der Waals surface area contributed by atoms with Gasteiger partial charge in [-0.3, -0.25) is 9.59 Å². The summed E-state index contributed by atoms with van der Waals surface area (Å²) in [5, 5.41) is 9.23. The van der Waals surface area contributed by atoms with Gasteiger partial charge in [-0.15, -0.1) is 4.68 Å². The molecule has 0 aliphatic rings. The lowest BCUT2D eigenvalue weighted by Gasteiger charge is -2.00. The van der Waals surface area contributed by atoms with Crippen molar-refractivity contribution in [3.8, 4) is 0 Å². The third-order valence-electron chi connectivity index (χ3n) is 4.40. The Labute approximate surface area is 167 Å². The first kappa shape index (κ1) is 19.9. The van der Waals surface area contributed by atoms with Crippen LogP contribution < -0.4 is 15.6 Å². The standard InChI is InChI=1S/C21H21N5O3/c1-14-4-8-16(9-5-14)12-23-26-21(29)19(20(28)22-3)25(24-26)13-18(27)17-10-6-15(2)7-11-17/h4-12H,13H2,1-3H3,(H-,22,24,28,29)/p+1/b23-12-. The quantitative estimate of drug-likeness (QED) is 0.375. The summed E-state index contributed by atoms with van der Waals surface area (Å²) in [4.78, 5) is 38.4. The molecular weight excluding hydrogens is 370 g/mol. The second-order valence-corrected chi connectivity index (χ2v) is 6.68. The van der Waals surface area contributed by atoms with Crippen LogP contribution in [-0.2, 0) is 6.54 Å². The van der Waals surface area contributed by atoms with Gasteiger partial charge in [0.2, 0.25) is 5.78 Å². The van der Waals surface area contributed by atoms with Gasteiger partial charge in [0.25, 0.3) is 0 Å². The molecule has 0 fully saturated rings. The van der Waals surface area contributed by atoms with Crippen LogP contribution >= 0.6 is 0 Å². The molecule has 148 valence electrons. The maximum atomic E-state index is 12.7. The summed E-state index contributed by atoms with van der Waals surface area (Å²) in [5.41, 5.74) is 2.57. The predicted octanol–water partition coefficient (Wildman–Crippen LogP) is 1.21. The van der Waals surface area contributed by atoms with Gasteiger partial charge in [-0.1, -0.05) is 70.0 Å². The molecule has 0 aliphatic carbocycles. The van der Waals surface area contributed by atoms with E-state index in [0.717, 1.165) is 21.5 Å². The molecule has 0 atom stereocenters. The van der Waals surface area contributed by atoms with E-state index in [-0.39, 0.29) is 18.0 Å². The van der Waals surface area contributed by atoms with E-state index in [2.05, 4.69) is 15.6 Å². The number of H-pyrrole nitrogens is 1. The van der Waals surface area contributed by atoms with Crippen LogP contribution in [0.2, 0.25) is 0 Å². The van der Waals surface area contributed by atoms with Crippen molar-refractivity contribution in [2.75, 3.05) is 7.05 Å². The summed E-state index contributed by atoms with van der Waals surface area (Å²) in [6.07, 6.45) is 1.50. The number of ketones is 1. The van der Waals surface area contributed by atoms with Crippen LogP contribution in [0.25, 0.3) is 0 Å². The van der Waals surface area contributed by atoms with Gasteiger partial charge in [0, 0.05) is 17.4 Å². The van der Waals surface area contributed by atoms with Crippen molar-refractivity contribution in [3.63, 3.8) is 0 Å². The molecule has 2 N–H and O–H groups in total.